The molecule has 0 spiro atoms. The second-order valence-electron chi connectivity index (χ2n) is 5.02. The van der Waals surface area contributed by atoms with Crippen LogP contribution >= 0.6 is 0 Å². The van der Waals surface area contributed by atoms with E-state index in [9.17, 15) is 4.39 Å². The van der Waals surface area contributed by atoms with Crippen LogP contribution in [0.2, 0.25) is 0 Å². The first-order chi connectivity index (χ1) is 11.2. The molecule has 3 aromatic rings. The normalized spacial score (nSPS) is 10.5. The molecule has 0 radical (unpaired) electrons. The Balaban J connectivity index is 1.56. The maximum absolute atomic E-state index is 12.8. The van der Waals surface area contributed by atoms with Crippen LogP contribution < -0.4 is 10.6 Å². The van der Waals surface area contributed by atoms with Gasteiger partial charge in [-0.3, -0.25) is 0 Å². The summed E-state index contributed by atoms with van der Waals surface area (Å²) >= 11 is 0. The second kappa shape index (κ2) is 6.87. The lowest BCUT2D eigenvalue weighted by Gasteiger charge is -2.07. The largest absolute Gasteiger partial charge is 0.370 e. The lowest BCUT2D eigenvalue weighted by Crippen LogP contribution is -2.07. The van der Waals surface area contributed by atoms with Gasteiger partial charge < -0.3 is 15.2 Å². The summed E-state index contributed by atoms with van der Waals surface area (Å²) < 4.78 is 17.8. The smallest absolute Gasteiger partial charge is 0.230 e. The Morgan fingerprint density at radius 2 is 1.96 bits per heavy atom. The van der Waals surface area contributed by atoms with Crippen molar-refractivity contribution < 1.29 is 8.91 Å². The lowest BCUT2D eigenvalue weighted by atomic mass is 10.1. The summed E-state index contributed by atoms with van der Waals surface area (Å²) in [5, 5.41) is 10.0. The van der Waals surface area contributed by atoms with Crippen LogP contribution in [-0.2, 0) is 6.42 Å². The van der Waals surface area contributed by atoms with Crippen LogP contribution in [0.1, 0.15) is 11.3 Å². The van der Waals surface area contributed by atoms with E-state index in [2.05, 4.69) is 25.8 Å². The highest BCUT2D eigenvalue weighted by molar-refractivity contribution is 5.49. The molecule has 2 N–H and O–H groups in total. The highest BCUT2D eigenvalue weighted by Crippen LogP contribution is 2.14. The van der Waals surface area contributed by atoms with Gasteiger partial charge in [0.05, 0.1) is 0 Å². The molecule has 6 nitrogen and oxygen atoms in total. The number of aromatic nitrogens is 3. The fraction of sp³-hybridized carbons (Fsp3) is 0.188. The zero-order valence-corrected chi connectivity index (χ0v) is 12.6. The van der Waals surface area contributed by atoms with Crippen LogP contribution in [-0.4, -0.2) is 21.7 Å². The minimum atomic E-state index is -0.226. The first kappa shape index (κ1) is 15.0. The molecule has 0 saturated heterocycles. The molecular formula is C16H16FN5O. The number of anilines is 3. The van der Waals surface area contributed by atoms with E-state index < -0.39 is 0 Å². The van der Waals surface area contributed by atoms with E-state index in [1.165, 1.54) is 12.1 Å². The van der Waals surface area contributed by atoms with Gasteiger partial charge in [0.1, 0.15) is 17.4 Å². The number of nitrogens with zero attached hydrogens (tertiary/aromatic N) is 3. The van der Waals surface area contributed by atoms with Crippen LogP contribution in [0.25, 0.3) is 0 Å². The van der Waals surface area contributed by atoms with Gasteiger partial charge in [-0.05, 0) is 37.1 Å². The highest BCUT2D eigenvalue weighted by Gasteiger charge is 2.04. The van der Waals surface area contributed by atoms with Crippen LogP contribution in [0.4, 0.5) is 22.0 Å². The third-order valence-electron chi connectivity index (χ3n) is 3.16. The van der Waals surface area contributed by atoms with Crippen molar-refractivity contribution in [1.82, 2.24) is 15.1 Å². The predicted octanol–water partition coefficient (Wildman–Crippen LogP) is 3.31. The Morgan fingerprint density at radius 3 is 2.70 bits per heavy atom. The number of hydrogen-bond acceptors (Lipinski definition) is 6. The Labute approximate surface area is 132 Å². The molecule has 2 aromatic heterocycles. The lowest BCUT2D eigenvalue weighted by molar-refractivity contribution is 0.400. The van der Waals surface area contributed by atoms with Gasteiger partial charge in [0.15, 0.2) is 5.82 Å². The molecule has 0 unspecified atom stereocenters. The molecule has 3 rings (SSSR count). The van der Waals surface area contributed by atoms with Gasteiger partial charge in [0, 0.05) is 18.8 Å². The van der Waals surface area contributed by atoms with Crippen LogP contribution in [0, 0.1) is 12.7 Å². The Kier molecular flexibility index (Phi) is 4.46. The molecule has 0 fully saturated rings. The van der Waals surface area contributed by atoms with Crippen molar-refractivity contribution in [2.75, 3.05) is 17.2 Å². The molecule has 0 atom stereocenters. The maximum Gasteiger partial charge on any atom is 0.230 e. The predicted molar refractivity (Wildman–Crippen MR) is 85.1 cm³/mol. The minimum absolute atomic E-state index is 0.226. The molecule has 118 valence electrons. The number of halogens is 1. The molecule has 0 amide bonds. The molecule has 1 aromatic carbocycles. The summed E-state index contributed by atoms with van der Waals surface area (Å²) in [4.78, 5) is 8.48. The zero-order valence-electron chi connectivity index (χ0n) is 12.6. The van der Waals surface area contributed by atoms with Crippen LogP contribution in [0.5, 0.6) is 0 Å². The number of hydrogen-bond donors (Lipinski definition) is 2. The molecule has 23 heavy (non-hydrogen) atoms. The highest BCUT2D eigenvalue weighted by atomic mass is 19.1. The number of rotatable bonds is 6. The Morgan fingerprint density at radius 1 is 1.13 bits per heavy atom. The van der Waals surface area contributed by atoms with Gasteiger partial charge in [0.25, 0.3) is 0 Å². The average molecular weight is 313 g/mol. The molecule has 0 aliphatic heterocycles. The van der Waals surface area contributed by atoms with E-state index >= 15 is 0 Å². The van der Waals surface area contributed by atoms with E-state index in [1.54, 1.807) is 30.5 Å². The summed E-state index contributed by atoms with van der Waals surface area (Å²) in [5.74, 6) is 2.18. The third kappa shape index (κ3) is 4.26. The SMILES string of the molecule is Cc1cc(Nc2nccc(NCCc3ccc(F)cc3)n2)no1. The fourth-order valence-corrected chi connectivity index (χ4v) is 2.04. The van der Waals surface area contributed by atoms with Gasteiger partial charge in [-0.15, -0.1) is 0 Å². The Hall–Kier alpha value is -2.96. The molecule has 2 heterocycles. The molecular weight excluding hydrogens is 297 g/mol. The van der Waals surface area contributed by atoms with Gasteiger partial charge >= 0.3 is 0 Å². The van der Waals surface area contributed by atoms with Gasteiger partial charge in [-0.25, -0.2) is 9.37 Å². The van der Waals surface area contributed by atoms with Gasteiger partial charge in [-0.2, -0.15) is 4.98 Å². The van der Waals surface area contributed by atoms with Crippen molar-refractivity contribution in [3.63, 3.8) is 0 Å². The number of nitrogens with one attached hydrogen (secondary N) is 2. The van der Waals surface area contributed by atoms with Crippen LogP contribution in [0.15, 0.2) is 47.1 Å². The minimum Gasteiger partial charge on any atom is -0.370 e. The second-order valence-corrected chi connectivity index (χ2v) is 5.02. The van der Waals surface area contributed by atoms with E-state index in [-0.39, 0.29) is 5.82 Å². The topological polar surface area (TPSA) is 75.9 Å². The maximum atomic E-state index is 12.8. The third-order valence-corrected chi connectivity index (χ3v) is 3.16. The van der Waals surface area contributed by atoms with Gasteiger partial charge in [0.2, 0.25) is 5.95 Å². The van der Waals surface area contributed by atoms with E-state index in [1.807, 2.05) is 6.92 Å². The van der Waals surface area contributed by atoms with Crippen molar-refractivity contribution >= 4 is 17.6 Å². The molecule has 0 bridgehead atoms. The van der Waals surface area contributed by atoms with E-state index in [0.717, 1.165) is 12.0 Å². The first-order valence-electron chi connectivity index (χ1n) is 7.21. The first-order valence-corrected chi connectivity index (χ1v) is 7.21. The molecule has 0 saturated carbocycles. The molecule has 7 heteroatoms. The summed E-state index contributed by atoms with van der Waals surface area (Å²) in [6, 6.07) is 10.0. The summed E-state index contributed by atoms with van der Waals surface area (Å²) in [6.45, 7) is 2.50. The monoisotopic (exact) mass is 313 g/mol. The number of benzene rings is 1. The zero-order chi connectivity index (χ0) is 16.1. The van der Waals surface area contributed by atoms with Gasteiger partial charge in [-0.1, -0.05) is 17.3 Å². The van der Waals surface area contributed by atoms with Crippen molar-refractivity contribution in [2.24, 2.45) is 0 Å². The van der Waals surface area contributed by atoms with E-state index in [4.69, 9.17) is 4.52 Å². The number of aryl methyl sites for hydroxylation is 1. The fourth-order valence-electron chi connectivity index (χ4n) is 2.04. The molecule has 0 aliphatic carbocycles. The Bertz CT molecular complexity index is 772. The summed E-state index contributed by atoms with van der Waals surface area (Å²) in [7, 11) is 0. The van der Waals surface area contributed by atoms with Crippen LogP contribution in [0.3, 0.4) is 0 Å². The average Bonchev–Trinajstić information content (AvgIpc) is 2.95. The van der Waals surface area contributed by atoms with Crippen molar-refractivity contribution in [2.45, 2.75) is 13.3 Å². The van der Waals surface area contributed by atoms with Crippen molar-refractivity contribution in [3.05, 3.63) is 59.7 Å². The quantitative estimate of drug-likeness (QED) is 0.727. The van der Waals surface area contributed by atoms with Crippen molar-refractivity contribution in [3.8, 4) is 0 Å². The standard InChI is InChI=1S/C16H16FN5O/c1-11-10-15(22-23-11)21-16-19-9-7-14(20-16)18-8-6-12-2-4-13(17)5-3-12/h2-5,7,9-10H,6,8H2,1H3,(H2,18,19,20,21,22). The summed E-state index contributed by atoms with van der Waals surface area (Å²) in [6.07, 6.45) is 2.43. The van der Waals surface area contributed by atoms with Crippen molar-refractivity contribution in [1.29, 1.82) is 0 Å². The molecule has 0 aliphatic rings. The summed E-state index contributed by atoms with van der Waals surface area (Å²) in [5.41, 5.74) is 1.06. The van der Waals surface area contributed by atoms with E-state index in [0.29, 0.717) is 29.9 Å².